The molecule has 2 aliphatic heterocycles. The molecule has 6 fully saturated rings. The van der Waals surface area contributed by atoms with E-state index in [1.54, 1.807) is 0 Å². The molecule has 4 bridgehead atoms. The second-order valence-corrected chi connectivity index (χ2v) is 11.0. The van der Waals surface area contributed by atoms with Gasteiger partial charge in [-0.05, 0) is 95.1 Å². The van der Waals surface area contributed by atoms with Crippen molar-refractivity contribution in [1.82, 2.24) is 15.1 Å². The summed E-state index contributed by atoms with van der Waals surface area (Å²) in [5, 5.41) is 18.3. The Morgan fingerprint density at radius 2 is 1.28 bits per heavy atom. The van der Waals surface area contributed by atoms with Gasteiger partial charge in [0.2, 0.25) is 5.91 Å². The smallest absolute Gasteiger partial charge is 0.414 e. The van der Waals surface area contributed by atoms with Gasteiger partial charge in [-0.3, -0.25) is 9.69 Å². The Balaban J connectivity index is 0.000000363. The van der Waals surface area contributed by atoms with E-state index in [1.165, 1.54) is 83.7 Å². The molecule has 4 aliphatic carbocycles. The number of carbonyl (C=O) groups excluding carboxylic acids is 1. The number of piperidine rings is 2. The van der Waals surface area contributed by atoms with Crippen molar-refractivity contribution in [2.24, 2.45) is 17.8 Å². The van der Waals surface area contributed by atoms with Gasteiger partial charge < -0.3 is 20.4 Å². The van der Waals surface area contributed by atoms with Crippen LogP contribution in [0.25, 0.3) is 0 Å². The first kappa shape index (κ1) is 23.5. The van der Waals surface area contributed by atoms with Crippen LogP contribution in [0.15, 0.2) is 0 Å². The van der Waals surface area contributed by atoms with Crippen LogP contribution in [0.1, 0.15) is 70.6 Å². The molecule has 2 heterocycles. The van der Waals surface area contributed by atoms with Crippen LogP contribution in [0.4, 0.5) is 0 Å². The monoisotopic (exact) mass is 449 g/mol. The molecule has 180 valence electrons. The van der Waals surface area contributed by atoms with E-state index in [1.807, 2.05) is 0 Å². The fraction of sp³-hybridized carbons (Fsp3) is 0.875. The second-order valence-electron chi connectivity index (χ2n) is 11.0. The van der Waals surface area contributed by atoms with Crippen LogP contribution in [0.5, 0.6) is 0 Å². The molecule has 0 aromatic carbocycles. The largest absolute Gasteiger partial charge is 0.473 e. The number of carboxylic acids is 2. The minimum Gasteiger partial charge on any atom is -0.473 e. The number of aliphatic carboxylic acids is 2. The molecule has 8 nitrogen and oxygen atoms in total. The van der Waals surface area contributed by atoms with Crippen LogP contribution in [0.3, 0.4) is 0 Å². The van der Waals surface area contributed by atoms with Gasteiger partial charge in [0.05, 0.1) is 6.54 Å². The predicted octanol–water partition coefficient (Wildman–Crippen LogP) is 2.18. The summed E-state index contributed by atoms with van der Waals surface area (Å²) in [7, 11) is 0. The maximum atomic E-state index is 12.8. The highest BCUT2D eigenvalue weighted by Gasteiger charge is 2.51. The highest BCUT2D eigenvalue weighted by Crippen LogP contribution is 2.55. The second kappa shape index (κ2) is 10.1. The predicted molar refractivity (Wildman–Crippen MR) is 119 cm³/mol. The number of carbonyl (C=O) groups is 3. The quantitative estimate of drug-likeness (QED) is 0.564. The number of rotatable bonds is 4. The first-order chi connectivity index (χ1) is 15.3. The third-order valence-corrected chi connectivity index (χ3v) is 8.46. The summed E-state index contributed by atoms with van der Waals surface area (Å²) in [6.07, 6.45) is 14.8. The van der Waals surface area contributed by atoms with Gasteiger partial charge in [-0.25, -0.2) is 9.59 Å². The maximum Gasteiger partial charge on any atom is 0.414 e. The number of hydrogen-bond donors (Lipinski definition) is 3. The molecule has 0 unspecified atom stereocenters. The minimum atomic E-state index is -1.82. The van der Waals surface area contributed by atoms with Crippen molar-refractivity contribution in [3.05, 3.63) is 0 Å². The summed E-state index contributed by atoms with van der Waals surface area (Å²) in [6, 6.07) is 0.776. The molecule has 3 N–H and O–H groups in total. The van der Waals surface area contributed by atoms with Gasteiger partial charge in [-0.15, -0.1) is 0 Å². The van der Waals surface area contributed by atoms with Crippen molar-refractivity contribution >= 4 is 17.8 Å². The number of carboxylic acid groups (broad SMARTS) is 2. The molecule has 6 aliphatic rings. The SMILES string of the molecule is O=C(CN1CCC(N2CCCCC2)CC1)NC12CC3CC(CC(C3)C1)C2.O=C(O)C(=O)O. The highest BCUT2D eigenvalue weighted by atomic mass is 16.4. The third-order valence-electron chi connectivity index (χ3n) is 8.46. The van der Waals surface area contributed by atoms with Gasteiger partial charge in [0.15, 0.2) is 0 Å². The Morgan fingerprint density at radius 3 is 1.75 bits per heavy atom. The van der Waals surface area contributed by atoms with Crippen molar-refractivity contribution in [2.75, 3.05) is 32.7 Å². The molecular weight excluding hydrogens is 410 g/mol. The fourth-order valence-electron chi connectivity index (χ4n) is 7.53. The van der Waals surface area contributed by atoms with Crippen LogP contribution in [0.2, 0.25) is 0 Å². The maximum absolute atomic E-state index is 12.8. The van der Waals surface area contributed by atoms with E-state index in [0.29, 0.717) is 12.5 Å². The zero-order valence-electron chi connectivity index (χ0n) is 19.1. The Bertz CT molecular complexity index is 650. The molecule has 4 saturated carbocycles. The molecule has 1 amide bonds. The molecule has 0 radical (unpaired) electrons. The first-order valence-corrected chi connectivity index (χ1v) is 12.6. The zero-order chi connectivity index (χ0) is 22.7. The van der Waals surface area contributed by atoms with Gasteiger partial charge >= 0.3 is 11.9 Å². The zero-order valence-corrected chi connectivity index (χ0v) is 19.1. The first-order valence-electron chi connectivity index (χ1n) is 12.6. The van der Waals surface area contributed by atoms with Crippen LogP contribution in [-0.4, -0.2) is 82.2 Å². The summed E-state index contributed by atoms with van der Waals surface area (Å²) >= 11 is 0. The number of nitrogens with zero attached hydrogens (tertiary/aromatic N) is 2. The van der Waals surface area contributed by atoms with Crippen LogP contribution < -0.4 is 5.32 Å². The molecule has 0 aromatic heterocycles. The van der Waals surface area contributed by atoms with Gasteiger partial charge in [0.25, 0.3) is 0 Å². The van der Waals surface area contributed by atoms with E-state index in [9.17, 15) is 4.79 Å². The van der Waals surface area contributed by atoms with Crippen molar-refractivity contribution in [3.63, 3.8) is 0 Å². The van der Waals surface area contributed by atoms with Crippen molar-refractivity contribution < 1.29 is 24.6 Å². The molecule has 32 heavy (non-hydrogen) atoms. The molecular formula is C24H39N3O5. The van der Waals surface area contributed by atoms with Gasteiger partial charge in [-0.2, -0.15) is 0 Å². The normalized spacial score (nSPS) is 35.1. The number of amides is 1. The lowest BCUT2D eigenvalue weighted by Crippen LogP contribution is -2.61. The average molecular weight is 450 g/mol. The standard InChI is InChI=1S/C22H37N3O.C2H2O4/c26-21(23-22-13-17-10-18(14-22)12-19(11-17)15-22)16-24-8-4-20(5-9-24)25-6-2-1-3-7-25;3-1(4)2(5)6/h17-20H,1-16H2,(H,23,26);(H,3,4)(H,5,6). The number of likely N-dealkylation sites (tertiary alicyclic amines) is 2. The van der Waals surface area contributed by atoms with E-state index >= 15 is 0 Å². The van der Waals surface area contributed by atoms with E-state index in [0.717, 1.165) is 36.9 Å². The van der Waals surface area contributed by atoms with Gasteiger partial charge in [0.1, 0.15) is 0 Å². The Labute approximate surface area is 190 Å². The lowest BCUT2D eigenvalue weighted by Gasteiger charge is -2.57. The molecule has 0 atom stereocenters. The third kappa shape index (κ3) is 5.81. The fourth-order valence-corrected chi connectivity index (χ4v) is 7.53. The van der Waals surface area contributed by atoms with Crippen molar-refractivity contribution in [1.29, 1.82) is 0 Å². The van der Waals surface area contributed by atoms with Gasteiger partial charge in [-0.1, -0.05) is 6.42 Å². The Kier molecular flexibility index (Phi) is 7.40. The summed E-state index contributed by atoms with van der Waals surface area (Å²) in [6.45, 7) is 5.45. The summed E-state index contributed by atoms with van der Waals surface area (Å²) in [5.41, 5.74) is 0.179. The summed E-state index contributed by atoms with van der Waals surface area (Å²) in [5.74, 6) is -0.626. The molecule has 8 heteroatoms. The Morgan fingerprint density at radius 1 is 0.781 bits per heavy atom. The molecule has 0 spiro atoms. The van der Waals surface area contributed by atoms with Gasteiger partial charge in [0, 0.05) is 24.7 Å². The van der Waals surface area contributed by atoms with Crippen LogP contribution in [-0.2, 0) is 14.4 Å². The molecule has 6 rings (SSSR count). The van der Waals surface area contributed by atoms with E-state index in [2.05, 4.69) is 15.1 Å². The topological polar surface area (TPSA) is 110 Å². The van der Waals surface area contributed by atoms with Crippen LogP contribution >= 0.6 is 0 Å². The minimum absolute atomic E-state index is 0.179. The van der Waals surface area contributed by atoms with Crippen LogP contribution in [0, 0.1) is 17.8 Å². The van der Waals surface area contributed by atoms with Crippen molar-refractivity contribution in [3.8, 4) is 0 Å². The summed E-state index contributed by atoms with van der Waals surface area (Å²) in [4.78, 5) is 36.1. The van der Waals surface area contributed by atoms with Crippen molar-refractivity contribution in [2.45, 2.75) is 82.2 Å². The van der Waals surface area contributed by atoms with E-state index in [-0.39, 0.29) is 5.54 Å². The lowest BCUT2D eigenvalue weighted by molar-refractivity contribution is -0.159. The van der Waals surface area contributed by atoms with E-state index < -0.39 is 11.9 Å². The van der Waals surface area contributed by atoms with E-state index in [4.69, 9.17) is 19.8 Å². The lowest BCUT2D eigenvalue weighted by atomic mass is 9.53. The number of hydrogen-bond acceptors (Lipinski definition) is 5. The average Bonchev–Trinajstić information content (AvgIpc) is 2.74. The molecule has 0 aromatic rings. The summed E-state index contributed by atoms with van der Waals surface area (Å²) < 4.78 is 0. The number of nitrogens with one attached hydrogen (secondary N) is 1. The highest BCUT2D eigenvalue weighted by molar-refractivity contribution is 6.27. The Hall–Kier alpha value is -1.67. The molecule has 2 saturated heterocycles.